The summed E-state index contributed by atoms with van der Waals surface area (Å²) in [5.41, 5.74) is 0. The van der Waals surface area contributed by atoms with E-state index in [1.165, 1.54) is 0 Å². The summed E-state index contributed by atoms with van der Waals surface area (Å²) in [7, 11) is 0. The van der Waals surface area contributed by atoms with Crippen molar-refractivity contribution in [2.45, 2.75) is 32.4 Å². The Morgan fingerprint density at radius 3 is 2.45 bits per heavy atom. The fraction of sp³-hybridized carbons (Fsp3) is 0.857. The molecule has 0 aromatic carbocycles. The topological polar surface area (TPSA) is 69.6 Å². The van der Waals surface area contributed by atoms with Gasteiger partial charge in [-0.05, 0) is 13.3 Å². The zero-order chi connectivity index (χ0) is 8.85. The van der Waals surface area contributed by atoms with E-state index >= 15 is 0 Å². The molecule has 0 aromatic heterocycles. The van der Waals surface area contributed by atoms with Crippen LogP contribution >= 0.6 is 0 Å². The van der Waals surface area contributed by atoms with Crippen molar-refractivity contribution in [3.05, 3.63) is 0 Å². The lowest BCUT2D eigenvalue weighted by Crippen LogP contribution is -2.42. The van der Waals surface area contributed by atoms with Crippen LogP contribution in [0, 0.1) is 0 Å². The van der Waals surface area contributed by atoms with Crippen LogP contribution in [-0.2, 0) is 4.79 Å². The van der Waals surface area contributed by atoms with Gasteiger partial charge < -0.3 is 10.2 Å². The molecule has 2 atom stereocenters. The molecule has 0 amide bonds. The Morgan fingerprint density at radius 2 is 2.18 bits per heavy atom. The molecule has 0 saturated heterocycles. The molecular formula is C7H15NO3. The molecule has 66 valence electrons. The van der Waals surface area contributed by atoms with E-state index in [1.54, 1.807) is 6.92 Å². The maximum atomic E-state index is 10.3. The predicted octanol–water partition coefficient (Wildman–Crippen LogP) is -0.180. The highest BCUT2D eigenvalue weighted by molar-refractivity contribution is 5.72. The molecule has 0 aliphatic rings. The first-order chi connectivity index (χ1) is 5.11. The number of aliphatic hydroxyl groups is 1. The number of carbonyl (C=O) groups is 1. The third kappa shape index (κ3) is 3.95. The van der Waals surface area contributed by atoms with Crippen molar-refractivity contribution < 1.29 is 15.0 Å². The lowest BCUT2D eigenvalue weighted by Gasteiger charge is -2.16. The Bertz CT molecular complexity index is 123. The number of aliphatic carboxylic acids is 1. The number of hydrogen-bond donors (Lipinski definition) is 3. The third-order valence-electron chi connectivity index (χ3n) is 1.57. The van der Waals surface area contributed by atoms with Crippen LogP contribution in [0.3, 0.4) is 0 Å². The van der Waals surface area contributed by atoms with Gasteiger partial charge in [0.2, 0.25) is 0 Å². The molecule has 4 nitrogen and oxygen atoms in total. The highest BCUT2D eigenvalue weighted by Crippen LogP contribution is 1.92. The van der Waals surface area contributed by atoms with E-state index in [1.807, 2.05) is 6.92 Å². The second kappa shape index (κ2) is 5.09. The predicted molar refractivity (Wildman–Crippen MR) is 41.4 cm³/mol. The summed E-state index contributed by atoms with van der Waals surface area (Å²) in [5.74, 6) is -0.892. The molecule has 0 aliphatic carbocycles. The van der Waals surface area contributed by atoms with Gasteiger partial charge in [0.25, 0.3) is 0 Å². The smallest absolute Gasteiger partial charge is 0.320 e. The minimum Gasteiger partial charge on any atom is -0.480 e. The number of hydrogen-bond acceptors (Lipinski definition) is 3. The fourth-order valence-electron chi connectivity index (χ4n) is 0.724. The molecule has 0 aliphatic heterocycles. The summed E-state index contributed by atoms with van der Waals surface area (Å²) in [6.45, 7) is 3.43. The molecule has 4 heteroatoms. The molecule has 0 radical (unpaired) electrons. The fourth-order valence-corrected chi connectivity index (χ4v) is 0.724. The lowest BCUT2D eigenvalue weighted by molar-refractivity contribution is -0.139. The van der Waals surface area contributed by atoms with Crippen molar-refractivity contribution in [1.82, 2.24) is 5.32 Å². The van der Waals surface area contributed by atoms with E-state index in [0.29, 0.717) is 0 Å². The van der Waals surface area contributed by atoms with Gasteiger partial charge in [0.1, 0.15) is 6.04 Å². The summed E-state index contributed by atoms with van der Waals surface area (Å²) in [6, 6.07) is -0.701. The lowest BCUT2D eigenvalue weighted by atomic mass is 10.2. The first-order valence-electron chi connectivity index (χ1n) is 3.71. The zero-order valence-corrected chi connectivity index (χ0v) is 6.87. The maximum Gasteiger partial charge on any atom is 0.320 e. The van der Waals surface area contributed by atoms with Crippen molar-refractivity contribution >= 4 is 5.97 Å². The van der Waals surface area contributed by atoms with Crippen LogP contribution in [0.4, 0.5) is 0 Å². The van der Waals surface area contributed by atoms with Gasteiger partial charge in [-0.25, -0.2) is 0 Å². The molecular weight excluding hydrogens is 146 g/mol. The minimum atomic E-state index is -0.892. The zero-order valence-electron chi connectivity index (χ0n) is 6.87. The Balaban J connectivity index is 3.71. The van der Waals surface area contributed by atoms with Gasteiger partial charge in [-0.2, -0.15) is 0 Å². The molecule has 0 unspecified atom stereocenters. The van der Waals surface area contributed by atoms with E-state index in [9.17, 15) is 4.79 Å². The van der Waals surface area contributed by atoms with E-state index in [4.69, 9.17) is 10.2 Å². The SMILES string of the molecule is CC[C@@H](CO)N[C@@H](C)C(=O)O. The van der Waals surface area contributed by atoms with Gasteiger partial charge in [-0.1, -0.05) is 6.92 Å². The Hall–Kier alpha value is -0.610. The number of carboxylic acid groups (broad SMARTS) is 1. The van der Waals surface area contributed by atoms with Crippen molar-refractivity contribution in [2.75, 3.05) is 6.61 Å². The molecule has 0 heterocycles. The Labute approximate surface area is 66.2 Å². The summed E-state index contributed by atoms with van der Waals surface area (Å²) in [6.07, 6.45) is 0.730. The third-order valence-corrected chi connectivity index (χ3v) is 1.57. The molecule has 3 N–H and O–H groups in total. The minimum absolute atomic E-state index is 0.0197. The Morgan fingerprint density at radius 1 is 1.64 bits per heavy atom. The molecule has 0 spiro atoms. The van der Waals surface area contributed by atoms with E-state index in [0.717, 1.165) is 6.42 Å². The van der Waals surface area contributed by atoms with Crippen LogP contribution in [-0.4, -0.2) is 34.9 Å². The summed E-state index contributed by atoms with van der Waals surface area (Å²) < 4.78 is 0. The van der Waals surface area contributed by atoms with Crippen molar-refractivity contribution in [1.29, 1.82) is 0 Å². The van der Waals surface area contributed by atoms with Gasteiger partial charge in [0.15, 0.2) is 0 Å². The quantitative estimate of drug-likeness (QED) is 0.523. The second-order valence-corrected chi connectivity index (χ2v) is 2.51. The molecule has 0 fully saturated rings. The first kappa shape index (κ1) is 10.4. The van der Waals surface area contributed by atoms with Crippen LogP contribution in [0.5, 0.6) is 0 Å². The molecule has 11 heavy (non-hydrogen) atoms. The first-order valence-corrected chi connectivity index (χ1v) is 3.71. The summed E-state index contributed by atoms with van der Waals surface area (Å²) in [5, 5.41) is 19.9. The van der Waals surface area contributed by atoms with Gasteiger partial charge in [0, 0.05) is 6.04 Å². The van der Waals surface area contributed by atoms with Crippen molar-refractivity contribution in [3.63, 3.8) is 0 Å². The van der Waals surface area contributed by atoms with Crippen molar-refractivity contribution in [2.24, 2.45) is 0 Å². The van der Waals surface area contributed by atoms with Crippen LogP contribution in [0.15, 0.2) is 0 Å². The molecule has 0 saturated carbocycles. The second-order valence-electron chi connectivity index (χ2n) is 2.51. The average molecular weight is 161 g/mol. The Kier molecular flexibility index (Phi) is 4.81. The van der Waals surface area contributed by atoms with Gasteiger partial charge in [-0.3, -0.25) is 10.1 Å². The van der Waals surface area contributed by atoms with E-state index in [2.05, 4.69) is 5.32 Å². The normalized spacial score (nSPS) is 15.9. The van der Waals surface area contributed by atoms with Crippen molar-refractivity contribution in [3.8, 4) is 0 Å². The van der Waals surface area contributed by atoms with Crippen LogP contribution in [0.1, 0.15) is 20.3 Å². The molecule has 0 bridgehead atoms. The maximum absolute atomic E-state index is 10.3. The largest absolute Gasteiger partial charge is 0.480 e. The monoisotopic (exact) mass is 161 g/mol. The van der Waals surface area contributed by atoms with E-state index < -0.39 is 12.0 Å². The van der Waals surface area contributed by atoms with Gasteiger partial charge in [-0.15, -0.1) is 0 Å². The average Bonchev–Trinajstić information content (AvgIpc) is 1.99. The highest BCUT2D eigenvalue weighted by Gasteiger charge is 2.14. The number of rotatable bonds is 5. The van der Waals surface area contributed by atoms with Crippen LogP contribution in [0.2, 0.25) is 0 Å². The van der Waals surface area contributed by atoms with Gasteiger partial charge >= 0.3 is 5.97 Å². The summed E-state index contributed by atoms with van der Waals surface area (Å²) in [4.78, 5) is 10.3. The van der Waals surface area contributed by atoms with Crippen LogP contribution in [0.25, 0.3) is 0 Å². The molecule has 0 rings (SSSR count). The van der Waals surface area contributed by atoms with Gasteiger partial charge in [0.05, 0.1) is 6.61 Å². The summed E-state index contributed by atoms with van der Waals surface area (Å²) >= 11 is 0. The molecule has 0 aromatic rings. The highest BCUT2D eigenvalue weighted by atomic mass is 16.4. The number of aliphatic hydroxyl groups excluding tert-OH is 1. The van der Waals surface area contributed by atoms with E-state index in [-0.39, 0.29) is 12.6 Å². The standard InChI is InChI=1S/C7H15NO3/c1-3-6(4-9)8-5(2)7(10)11/h5-6,8-9H,3-4H2,1-2H3,(H,10,11)/t5-,6-/m0/s1. The number of nitrogens with one attached hydrogen (secondary N) is 1. The number of carboxylic acids is 1. The van der Waals surface area contributed by atoms with Crippen LogP contribution < -0.4 is 5.32 Å².